The predicted molar refractivity (Wildman–Crippen MR) is 54.3 cm³/mol. The summed E-state index contributed by atoms with van der Waals surface area (Å²) in [5.41, 5.74) is 1.63. The molecule has 0 amide bonds. The smallest absolute Gasteiger partial charge is 0.336 e. The number of benzene rings is 1. The van der Waals surface area contributed by atoms with Crippen molar-refractivity contribution in [1.29, 1.82) is 0 Å². The fraction of sp³-hybridized carbons (Fsp3) is 0.182. The van der Waals surface area contributed by atoms with E-state index in [0.717, 1.165) is 5.56 Å². The van der Waals surface area contributed by atoms with Gasteiger partial charge in [-0.15, -0.1) is 0 Å². The van der Waals surface area contributed by atoms with Crippen molar-refractivity contribution in [1.82, 2.24) is 0 Å². The lowest BCUT2D eigenvalue weighted by Crippen LogP contribution is -2.02. The zero-order valence-corrected chi connectivity index (χ0v) is 7.90. The lowest BCUT2D eigenvalue weighted by Gasteiger charge is -2.04. The van der Waals surface area contributed by atoms with Crippen LogP contribution in [0.2, 0.25) is 0 Å². The molecule has 3 heteroatoms. The van der Waals surface area contributed by atoms with Crippen LogP contribution in [0.25, 0.3) is 6.08 Å². The van der Waals surface area contributed by atoms with Crippen molar-refractivity contribution < 1.29 is 15.0 Å². The summed E-state index contributed by atoms with van der Waals surface area (Å²) in [6.45, 7) is 1.66. The highest BCUT2D eigenvalue weighted by Crippen LogP contribution is 2.15. The maximum Gasteiger partial charge on any atom is 0.336 e. The van der Waals surface area contributed by atoms with Crippen LogP contribution in [0.4, 0.5) is 0 Å². The second-order valence-electron chi connectivity index (χ2n) is 2.93. The van der Waals surface area contributed by atoms with Gasteiger partial charge in [0.1, 0.15) is 0 Å². The normalized spacial score (nSPS) is 10.7. The summed E-state index contributed by atoms with van der Waals surface area (Å²) in [5, 5.41) is 17.5. The van der Waals surface area contributed by atoms with Crippen molar-refractivity contribution in [2.45, 2.75) is 6.92 Å². The Balaban J connectivity index is 3.21. The molecule has 0 bridgehead atoms. The van der Waals surface area contributed by atoms with Crippen LogP contribution in [0, 0.1) is 6.92 Å². The van der Waals surface area contributed by atoms with Crippen LogP contribution in [0.15, 0.2) is 24.3 Å². The fourth-order valence-corrected chi connectivity index (χ4v) is 1.30. The number of hydrogen-bond acceptors (Lipinski definition) is 2. The molecule has 0 saturated heterocycles. The van der Waals surface area contributed by atoms with E-state index in [1.165, 1.54) is 6.08 Å². The minimum absolute atomic E-state index is 0.0903. The Labute approximate surface area is 82.3 Å². The first-order valence-corrected chi connectivity index (χ1v) is 4.27. The molecule has 2 N–H and O–H groups in total. The fourth-order valence-electron chi connectivity index (χ4n) is 1.30. The summed E-state index contributed by atoms with van der Waals surface area (Å²) in [7, 11) is 0. The maximum absolute atomic E-state index is 10.9. The van der Waals surface area contributed by atoms with Crippen molar-refractivity contribution in [3.05, 3.63) is 41.0 Å². The molecule has 1 aromatic rings. The molecule has 0 radical (unpaired) electrons. The lowest BCUT2D eigenvalue weighted by molar-refractivity contribution is 0.0696. The number of carboxylic acids is 1. The quantitative estimate of drug-likeness (QED) is 0.766. The molecule has 3 nitrogen and oxygen atoms in total. The summed E-state index contributed by atoms with van der Waals surface area (Å²) in [4.78, 5) is 10.9. The van der Waals surface area contributed by atoms with Crippen molar-refractivity contribution in [2.24, 2.45) is 0 Å². The molecule has 0 heterocycles. The molecule has 0 atom stereocenters. The number of carboxylic acid groups (broad SMARTS) is 1. The van der Waals surface area contributed by atoms with Crippen LogP contribution in [0.5, 0.6) is 0 Å². The Bertz CT molecular complexity index is 367. The van der Waals surface area contributed by atoms with Crippen LogP contribution in [0.3, 0.4) is 0 Å². The van der Waals surface area contributed by atoms with Gasteiger partial charge in [0.05, 0.1) is 12.2 Å². The van der Waals surface area contributed by atoms with E-state index in [1.54, 1.807) is 31.2 Å². The number of carbonyl (C=O) groups is 1. The Morgan fingerprint density at radius 3 is 2.79 bits per heavy atom. The monoisotopic (exact) mass is 192 g/mol. The van der Waals surface area contributed by atoms with Gasteiger partial charge in [-0.25, -0.2) is 4.79 Å². The van der Waals surface area contributed by atoms with Gasteiger partial charge in [0.15, 0.2) is 0 Å². The average molecular weight is 192 g/mol. The Hall–Kier alpha value is -1.61. The first-order valence-electron chi connectivity index (χ1n) is 4.27. The highest BCUT2D eigenvalue weighted by molar-refractivity contribution is 5.93. The standard InChI is InChI=1S/C11H12O3/c1-8-4-2-5-9(6-3-7-12)10(8)11(13)14/h2-6,12H,7H2,1H3,(H,13,14). The number of aliphatic hydroxyl groups excluding tert-OH is 1. The predicted octanol–water partition coefficient (Wildman–Crippen LogP) is 1.70. The Morgan fingerprint density at radius 1 is 1.50 bits per heavy atom. The van der Waals surface area contributed by atoms with E-state index in [-0.39, 0.29) is 12.2 Å². The largest absolute Gasteiger partial charge is 0.478 e. The molecule has 0 aliphatic rings. The molecule has 0 aliphatic heterocycles. The first kappa shape index (κ1) is 10.5. The average Bonchev–Trinajstić information content (AvgIpc) is 2.14. The van der Waals surface area contributed by atoms with Gasteiger partial charge in [-0.1, -0.05) is 30.4 Å². The van der Waals surface area contributed by atoms with E-state index in [4.69, 9.17) is 10.2 Å². The topological polar surface area (TPSA) is 57.5 Å². The molecule has 74 valence electrons. The van der Waals surface area contributed by atoms with Crippen LogP contribution >= 0.6 is 0 Å². The number of rotatable bonds is 3. The SMILES string of the molecule is Cc1cccc(C=CCO)c1C(=O)O. The van der Waals surface area contributed by atoms with Crippen LogP contribution < -0.4 is 0 Å². The number of aryl methyl sites for hydroxylation is 1. The highest BCUT2D eigenvalue weighted by Gasteiger charge is 2.09. The van der Waals surface area contributed by atoms with Gasteiger partial charge in [0, 0.05) is 0 Å². The molecular weight excluding hydrogens is 180 g/mol. The van der Waals surface area contributed by atoms with Gasteiger partial charge in [0.2, 0.25) is 0 Å². The molecule has 1 rings (SSSR count). The molecule has 14 heavy (non-hydrogen) atoms. The second kappa shape index (κ2) is 4.58. The van der Waals surface area contributed by atoms with Gasteiger partial charge < -0.3 is 10.2 Å². The van der Waals surface area contributed by atoms with E-state index in [1.807, 2.05) is 0 Å². The molecule has 0 aromatic heterocycles. The second-order valence-corrected chi connectivity index (χ2v) is 2.93. The summed E-state index contributed by atoms with van der Waals surface area (Å²) in [5.74, 6) is -0.944. The van der Waals surface area contributed by atoms with Crippen LogP contribution in [-0.4, -0.2) is 22.8 Å². The van der Waals surface area contributed by atoms with Crippen molar-refractivity contribution >= 4 is 12.0 Å². The Morgan fingerprint density at radius 2 is 2.21 bits per heavy atom. The lowest BCUT2D eigenvalue weighted by atomic mass is 10.0. The zero-order valence-electron chi connectivity index (χ0n) is 7.90. The minimum atomic E-state index is -0.944. The summed E-state index contributed by atoms with van der Waals surface area (Å²) in [6, 6.07) is 5.25. The minimum Gasteiger partial charge on any atom is -0.478 e. The number of aromatic carboxylic acids is 1. The molecule has 0 unspecified atom stereocenters. The molecule has 0 fully saturated rings. The van der Waals surface area contributed by atoms with Gasteiger partial charge in [-0.2, -0.15) is 0 Å². The van der Waals surface area contributed by atoms with Crippen molar-refractivity contribution in [2.75, 3.05) is 6.61 Å². The van der Waals surface area contributed by atoms with Gasteiger partial charge in [-0.05, 0) is 18.1 Å². The van der Waals surface area contributed by atoms with Crippen molar-refractivity contribution in [3.63, 3.8) is 0 Å². The molecule has 0 aliphatic carbocycles. The van der Waals surface area contributed by atoms with Gasteiger partial charge in [0.25, 0.3) is 0 Å². The molecule has 0 saturated carbocycles. The highest BCUT2D eigenvalue weighted by atomic mass is 16.4. The summed E-state index contributed by atoms with van der Waals surface area (Å²) >= 11 is 0. The number of hydrogen-bond donors (Lipinski definition) is 2. The van der Waals surface area contributed by atoms with E-state index in [0.29, 0.717) is 5.56 Å². The molecule has 0 spiro atoms. The van der Waals surface area contributed by atoms with Crippen molar-refractivity contribution in [3.8, 4) is 0 Å². The third-order valence-corrected chi connectivity index (χ3v) is 1.92. The van der Waals surface area contributed by atoms with Gasteiger partial charge in [-0.3, -0.25) is 0 Å². The maximum atomic E-state index is 10.9. The van der Waals surface area contributed by atoms with Crippen LogP contribution in [-0.2, 0) is 0 Å². The third kappa shape index (κ3) is 2.20. The Kier molecular flexibility index (Phi) is 3.42. The summed E-state index contributed by atoms with van der Waals surface area (Å²) < 4.78 is 0. The number of aliphatic hydroxyl groups is 1. The van der Waals surface area contributed by atoms with E-state index < -0.39 is 5.97 Å². The van der Waals surface area contributed by atoms with Gasteiger partial charge >= 0.3 is 5.97 Å². The molecule has 1 aromatic carbocycles. The summed E-state index contributed by atoms with van der Waals surface area (Å²) in [6.07, 6.45) is 3.12. The van der Waals surface area contributed by atoms with E-state index >= 15 is 0 Å². The molecular formula is C11H12O3. The van der Waals surface area contributed by atoms with E-state index in [2.05, 4.69) is 0 Å². The van der Waals surface area contributed by atoms with E-state index in [9.17, 15) is 4.79 Å². The first-order chi connectivity index (χ1) is 6.66. The zero-order chi connectivity index (χ0) is 10.6. The third-order valence-electron chi connectivity index (χ3n) is 1.92. The van der Waals surface area contributed by atoms with Crippen LogP contribution in [0.1, 0.15) is 21.5 Å².